The number of hydrogen-bond acceptors (Lipinski definition) is 20. The summed E-state index contributed by atoms with van der Waals surface area (Å²) in [6, 6.07) is 121. The third kappa shape index (κ3) is 30.6. The SMILES string of the molecule is N#Cc1ccc(Cn2cnnc2CN(CCC(c2ccccc2)c2ccccc2)S(=O)(=O)c2ccc(F)cc2)cc1.N#Cc1ccc(Cn2cnnc2CN(CCc2ccc(Br)cc2)Cc2ccc(Oc3ccccc3)cc2)cc1.O=S(=O)(c1ccccc1)N(CCc1ccccc1)Cc1ncn(Cc2cccc(Cl)c2)n1.O=[N+]([O-])c1cccc(Cn2cnc(CN(CCc3ccccc3)S(=O)(=O)c3ccccc3)n2)c1. The van der Waals surface area contributed by atoms with Crippen molar-refractivity contribution in [1.82, 2.24) is 76.9 Å². The number of para-hydroxylation sites is 1. The Morgan fingerprint density at radius 1 is 0.390 bits per heavy atom. The number of nitrogens with zero attached hydrogens (tertiary/aromatic N) is 19. The molecule has 0 saturated carbocycles. The molecule has 0 aliphatic heterocycles. The van der Waals surface area contributed by atoms with E-state index in [2.05, 4.69) is 114 Å². The highest BCUT2D eigenvalue weighted by atomic mass is 79.9. The molecule has 0 aliphatic carbocycles. The molecule has 4 heterocycles. The molecular formula is C112H102BrClFN19O9S3. The van der Waals surface area contributed by atoms with Crippen LogP contribution >= 0.6 is 27.5 Å². The summed E-state index contributed by atoms with van der Waals surface area (Å²) in [5.74, 6) is 3.25. The topological polar surface area (TPSA) is 338 Å². The quantitative estimate of drug-likeness (QED) is 0.0254. The summed E-state index contributed by atoms with van der Waals surface area (Å²) in [5.41, 5.74) is 11.7. The second-order valence-corrected chi connectivity index (χ2v) is 41.2. The molecule has 18 rings (SSSR count). The smallest absolute Gasteiger partial charge is 0.269 e. The fourth-order valence-electron chi connectivity index (χ4n) is 16.0. The summed E-state index contributed by atoms with van der Waals surface area (Å²) < 4.78 is 113. The summed E-state index contributed by atoms with van der Waals surface area (Å²) in [7, 11) is -11.5. The number of halogens is 3. The Kier molecular flexibility index (Phi) is 37.2. The van der Waals surface area contributed by atoms with E-state index in [1.807, 2.05) is 224 Å². The lowest BCUT2D eigenvalue weighted by Crippen LogP contribution is -2.33. The number of non-ortho nitro benzene ring substituents is 1. The van der Waals surface area contributed by atoms with Gasteiger partial charge < -0.3 is 13.9 Å². The second-order valence-electron chi connectivity index (χ2n) is 34.0. The molecular weight excluding hydrogens is 1990 g/mol. The largest absolute Gasteiger partial charge is 0.457 e. The molecule has 18 aromatic rings. The van der Waals surface area contributed by atoms with Crippen molar-refractivity contribution in [3.8, 4) is 23.6 Å². The fourth-order valence-corrected chi connectivity index (χ4v) is 20.7. The fraction of sp³-hybridized carbons (Fsp3) is 0.161. The molecule has 0 N–H and O–H groups in total. The molecule has 28 nitrogen and oxygen atoms in total. The van der Waals surface area contributed by atoms with Crippen LogP contribution in [0.5, 0.6) is 11.5 Å². The number of nitriles is 2. The van der Waals surface area contributed by atoms with E-state index in [0.29, 0.717) is 91.2 Å². The average molecular weight is 2090 g/mol. The second kappa shape index (κ2) is 51.9. The standard InChI is InChI=1S/C32H28BrN5O.C32H28FN5O2S.C24H23ClN4O2S.C24H23N5O4S/c33-29-14-10-25(11-15-29)18-19-37(21-27-12-16-31(17-13-27)39-30-4-2-1-3-5-30)23-32-36-35-24-38(32)22-28-8-6-26(20-34)7-9-28;33-29-15-17-30(18-16-29)41(39,40)38(20-19-31(27-7-3-1-4-8-27)28-9-5-2-6-10-28)23-32-36-35-24-37(32)22-26-13-11-25(21-34)12-14-26;25-22-11-7-10-21(16-22)17-28-19-26-24(27-28)18-29(15-14-20-8-3-1-4-9-20)32(30,31)23-12-5-2-6-13-23;30-29(31)22-11-7-10-21(16-22)17-27-19-25-24(26-27)18-28(15-14-20-8-3-1-4-9-20)34(32,33)23-12-5-2-6-13-23/h1-17,24H,18-19,21-23H2;1-18,24,31H,19-20,22-23H2;1-13,16,19H,14-15,17-18H2;1-13,16,19H,14-15,17-18H2. The molecule has 738 valence electrons. The van der Waals surface area contributed by atoms with Gasteiger partial charge in [-0.3, -0.25) is 15.0 Å². The number of nitro groups is 1. The number of ether oxygens (including phenoxy) is 1. The van der Waals surface area contributed by atoms with E-state index in [-0.39, 0.29) is 65.6 Å². The maximum Gasteiger partial charge on any atom is 0.269 e. The van der Waals surface area contributed by atoms with Crippen LogP contribution in [0.1, 0.15) is 102 Å². The number of aromatic nitrogens is 12. The van der Waals surface area contributed by atoms with Crippen LogP contribution in [0.3, 0.4) is 0 Å². The minimum Gasteiger partial charge on any atom is -0.457 e. The first-order valence-corrected chi connectivity index (χ1v) is 52.3. The third-order valence-electron chi connectivity index (χ3n) is 23.7. The molecule has 0 aliphatic rings. The highest BCUT2D eigenvalue weighted by molar-refractivity contribution is 9.10. The van der Waals surface area contributed by atoms with Gasteiger partial charge in [0, 0.05) is 60.3 Å². The minimum atomic E-state index is -4.00. The molecule has 146 heavy (non-hydrogen) atoms. The van der Waals surface area contributed by atoms with Gasteiger partial charge in [-0.1, -0.05) is 276 Å². The Labute approximate surface area is 861 Å². The van der Waals surface area contributed by atoms with Crippen LogP contribution in [0.25, 0.3) is 0 Å². The molecule has 0 atom stereocenters. The summed E-state index contributed by atoms with van der Waals surface area (Å²) in [6.07, 6.45) is 9.02. The lowest BCUT2D eigenvalue weighted by atomic mass is 9.88. The van der Waals surface area contributed by atoms with Crippen LogP contribution in [0.4, 0.5) is 10.1 Å². The Morgan fingerprint density at radius 2 is 0.781 bits per heavy atom. The van der Waals surface area contributed by atoms with E-state index in [9.17, 15) is 39.8 Å². The van der Waals surface area contributed by atoms with Gasteiger partial charge in [0.2, 0.25) is 30.1 Å². The van der Waals surface area contributed by atoms with Gasteiger partial charge in [-0.2, -0.15) is 33.6 Å². The zero-order valence-corrected chi connectivity index (χ0v) is 84.1. The zero-order chi connectivity index (χ0) is 102. The van der Waals surface area contributed by atoms with Gasteiger partial charge in [0.05, 0.1) is 95.2 Å². The Bertz CT molecular complexity index is 7630. The highest BCUT2D eigenvalue weighted by Gasteiger charge is 2.31. The van der Waals surface area contributed by atoms with Crippen molar-refractivity contribution < 1.29 is 39.3 Å². The van der Waals surface area contributed by atoms with Crippen LogP contribution in [-0.2, 0) is 108 Å². The number of nitro benzene ring substituents is 1. The summed E-state index contributed by atoms with van der Waals surface area (Å²) in [5, 5.41) is 55.7. The van der Waals surface area contributed by atoms with E-state index in [1.165, 1.54) is 54.6 Å². The van der Waals surface area contributed by atoms with Crippen LogP contribution in [-0.4, -0.2) is 133 Å². The lowest BCUT2D eigenvalue weighted by molar-refractivity contribution is -0.384. The molecule has 0 spiro atoms. The molecule has 4 aromatic heterocycles. The van der Waals surface area contributed by atoms with Crippen molar-refractivity contribution in [1.29, 1.82) is 10.5 Å². The van der Waals surface area contributed by atoms with Gasteiger partial charge in [0.15, 0.2) is 11.6 Å². The van der Waals surface area contributed by atoms with Crippen molar-refractivity contribution in [3.05, 3.63) is 523 Å². The Hall–Kier alpha value is -15.8. The van der Waals surface area contributed by atoms with E-state index >= 15 is 0 Å². The number of benzene rings is 14. The van der Waals surface area contributed by atoms with Gasteiger partial charge in [-0.15, -0.1) is 20.4 Å². The molecule has 0 bridgehead atoms. The zero-order valence-electron chi connectivity index (χ0n) is 79.3. The Balaban J connectivity index is 0.000000147. The normalized spacial score (nSPS) is 11.4. The molecule has 0 unspecified atom stereocenters. The van der Waals surface area contributed by atoms with Crippen molar-refractivity contribution in [2.24, 2.45) is 0 Å². The first-order chi connectivity index (χ1) is 71.0. The predicted octanol–water partition coefficient (Wildman–Crippen LogP) is 20.8. The van der Waals surface area contributed by atoms with Crippen LogP contribution in [0.15, 0.2) is 427 Å². The van der Waals surface area contributed by atoms with E-state index in [1.54, 1.807) is 118 Å². The van der Waals surface area contributed by atoms with Gasteiger partial charge in [0.25, 0.3) is 5.69 Å². The van der Waals surface area contributed by atoms with E-state index in [4.69, 9.17) is 26.9 Å². The monoisotopic (exact) mass is 2090 g/mol. The van der Waals surface area contributed by atoms with E-state index in [0.717, 1.165) is 92.4 Å². The van der Waals surface area contributed by atoms with Gasteiger partial charge in [-0.25, -0.2) is 49.0 Å². The maximum atomic E-state index is 13.9. The molecule has 0 amide bonds. The molecule has 0 saturated heterocycles. The molecule has 0 fully saturated rings. The number of sulfonamides is 3. The first-order valence-electron chi connectivity index (χ1n) is 46.8. The van der Waals surface area contributed by atoms with Gasteiger partial charge in [-0.05, 0) is 203 Å². The van der Waals surface area contributed by atoms with Gasteiger partial charge >= 0.3 is 0 Å². The van der Waals surface area contributed by atoms with Gasteiger partial charge in [0.1, 0.15) is 54.3 Å². The van der Waals surface area contributed by atoms with E-state index < -0.39 is 40.8 Å². The van der Waals surface area contributed by atoms with Crippen LogP contribution in [0, 0.1) is 38.6 Å². The number of hydrogen-bond donors (Lipinski definition) is 0. The van der Waals surface area contributed by atoms with Crippen molar-refractivity contribution in [2.45, 2.75) is 105 Å². The van der Waals surface area contributed by atoms with Crippen LogP contribution < -0.4 is 4.74 Å². The minimum absolute atomic E-state index is 0.00104. The highest BCUT2D eigenvalue weighted by Crippen LogP contribution is 2.32. The van der Waals surface area contributed by atoms with Crippen molar-refractivity contribution in [3.63, 3.8) is 0 Å². The summed E-state index contributed by atoms with van der Waals surface area (Å²) in [6.45, 7) is 5.00. The molecule has 34 heteroatoms. The lowest BCUT2D eigenvalue weighted by Gasteiger charge is -2.25. The summed E-state index contributed by atoms with van der Waals surface area (Å²) in [4.78, 5) is 22.1. The average Bonchev–Trinajstić information content (AvgIpc) is 1.33. The summed E-state index contributed by atoms with van der Waals surface area (Å²) >= 11 is 9.58. The van der Waals surface area contributed by atoms with Crippen LogP contribution in [0.2, 0.25) is 5.02 Å². The number of rotatable bonds is 41. The van der Waals surface area contributed by atoms with Crippen molar-refractivity contribution in [2.75, 3.05) is 26.2 Å². The van der Waals surface area contributed by atoms with Crippen molar-refractivity contribution >= 4 is 63.3 Å². The predicted molar refractivity (Wildman–Crippen MR) is 560 cm³/mol. The Morgan fingerprint density at radius 3 is 1.25 bits per heavy atom. The molecule has 14 aromatic carbocycles. The third-order valence-corrected chi connectivity index (χ3v) is 30.0. The maximum absolute atomic E-state index is 13.9. The molecule has 0 radical (unpaired) electrons. The first kappa shape index (κ1) is 105.